The van der Waals surface area contributed by atoms with Crippen LogP contribution >= 0.6 is 0 Å². The predicted octanol–water partition coefficient (Wildman–Crippen LogP) is 3.39. The zero-order valence-electron chi connectivity index (χ0n) is 19.6. The average molecular weight is 482 g/mol. The molecular weight excluding hydrogens is 460 g/mol. The van der Waals surface area contributed by atoms with Gasteiger partial charge in [-0.15, -0.1) is 0 Å². The molecule has 0 fully saturated rings. The van der Waals surface area contributed by atoms with Gasteiger partial charge in [0.25, 0.3) is 0 Å². The maximum absolute atomic E-state index is 12.6. The number of carbonyl (C=O) groups excluding carboxylic acids is 3. The van der Waals surface area contributed by atoms with Gasteiger partial charge < -0.3 is 28.5 Å². The Morgan fingerprint density at radius 1 is 1.06 bits per heavy atom. The first-order chi connectivity index (χ1) is 16.6. The predicted molar refractivity (Wildman–Crippen MR) is 122 cm³/mol. The van der Waals surface area contributed by atoms with Gasteiger partial charge in [-0.3, -0.25) is 14.4 Å². The quantitative estimate of drug-likeness (QED) is 0.249. The molecule has 0 unspecified atom stereocenters. The first-order valence-corrected chi connectivity index (χ1v) is 10.6. The third-order valence-corrected chi connectivity index (χ3v) is 5.77. The molecule has 0 amide bonds. The maximum atomic E-state index is 12.6. The van der Waals surface area contributed by atoms with Crippen LogP contribution in [-0.4, -0.2) is 37.0 Å². The topological polar surface area (TPSA) is 139 Å². The standard InChI is InChI=1S/C25H22O10/c1-10-6-17(28)34-24-19(10)22(30)20(11(2)26)25-21(24)14(9-18(29)35-25)13-7-15(31-4)23(33-12(3)27)16(8-13)32-5/h6-8,14,30H,9H2,1-5H3/t14-/m1/s1. The molecule has 2 aromatic carbocycles. The van der Waals surface area contributed by atoms with E-state index in [0.29, 0.717) is 11.1 Å². The normalized spacial score (nSPS) is 14.8. The molecule has 0 radical (unpaired) electrons. The van der Waals surface area contributed by atoms with E-state index in [4.69, 9.17) is 23.4 Å². The minimum absolute atomic E-state index is 0.00741. The second kappa shape index (κ2) is 8.79. The summed E-state index contributed by atoms with van der Waals surface area (Å²) in [5.74, 6) is -2.85. The molecule has 2 heterocycles. The van der Waals surface area contributed by atoms with E-state index < -0.39 is 35.0 Å². The highest BCUT2D eigenvalue weighted by Gasteiger charge is 2.38. The number of hydrogen-bond acceptors (Lipinski definition) is 10. The van der Waals surface area contributed by atoms with Crippen LogP contribution in [0, 0.1) is 6.92 Å². The molecule has 182 valence electrons. The Labute approximate surface area is 199 Å². The molecule has 10 heteroatoms. The summed E-state index contributed by atoms with van der Waals surface area (Å²) in [6.45, 7) is 4.05. The van der Waals surface area contributed by atoms with Crippen LogP contribution in [0.1, 0.15) is 53.2 Å². The third kappa shape index (κ3) is 3.96. The number of fused-ring (bicyclic) bond motifs is 3. The van der Waals surface area contributed by atoms with Crippen LogP contribution in [0.5, 0.6) is 28.7 Å². The number of ketones is 1. The summed E-state index contributed by atoms with van der Waals surface area (Å²) in [6, 6.07) is 4.30. The number of esters is 2. The third-order valence-electron chi connectivity index (χ3n) is 5.77. The van der Waals surface area contributed by atoms with E-state index >= 15 is 0 Å². The second-order valence-corrected chi connectivity index (χ2v) is 8.05. The Morgan fingerprint density at radius 2 is 1.69 bits per heavy atom. The number of Topliss-reactive ketones (excluding diaryl/α,β-unsaturated/α-hetero) is 1. The van der Waals surface area contributed by atoms with E-state index in [1.807, 2.05) is 0 Å². The van der Waals surface area contributed by atoms with Gasteiger partial charge in [-0.25, -0.2) is 4.79 Å². The molecule has 35 heavy (non-hydrogen) atoms. The number of carbonyl (C=O) groups is 3. The van der Waals surface area contributed by atoms with Gasteiger partial charge >= 0.3 is 17.6 Å². The fraction of sp³-hybridized carbons (Fsp3) is 0.280. The number of phenolic OH excluding ortho intramolecular Hbond substituents is 1. The summed E-state index contributed by atoms with van der Waals surface area (Å²) in [4.78, 5) is 49.0. The monoisotopic (exact) mass is 482 g/mol. The van der Waals surface area contributed by atoms with Gasteiger partial charge in [-0.2, -0.15) is 0 Å². The highest BCUT2D eigenvalue weighted by molar-refractivity contribution is 6.09. The Kier molecular flexibility index (Phi) is 5.98. The second-order valence-electron chi connectivity index (χ2n) is 8.05. The van der Waals surface area contributed by atoms with Crippen molar-refractivity contribution in [3.05, 3.63) is 50.9 Å². The molecule has 1 aliphatic rings. The summed E-state index contributed by atoms with van der Waals surface area (Å²) in [6.07, 6.45) is -0.179. The molecular formula is C25H22O10. The van der Waals surface area contributed by atoms with E-state index in [1.54, 1.807) is 19.1 Å². The zero-order valence-corrected chi connectivity index (χ0v) is 19.6. The summed E-state index contributed by atoms with van der Waals surface area (Å²) in [5, 5.41) is 11.1. The van der Waals surface area contributed by atoms with Gasteiger partial charge in [0, 0.05) is 24.5 Å². The number of ether oxygens (including phenoxy) is 4. The van der Waals surface area contributed by atoms with Gasteiger partial charge in [0.15, 0.2) is 23.0 Å². The molecule has 3 aromatic rings. The lowest BCUT2D eigenvalue weighted by atomic mass is 9.82. The molecule has 0 saturated heterocycles. The zero-order chi connectivity index (χ0) is 25.6. The van der Waals surface area contributed by atoms with Crippen molar-refractivity contribution in [2.45, 2.75) is 33.1 Å². The SMILES string of the molecule is COc1cc([C@H]2CC(=O)Oc3c(C(C)=O)c(O)c4c(C)cc(=O)oc4c32)cc(OC)c1OC(C)=O. The average Bonchev–Trinajstić information content (AvgIpc) is 2.77. The Hall–Kier alpha value is -4.34. The lowest BCUT2D eigenvalue weighted by Crippen LogP contribution is -2.24. The van der Waals surface area contributed by atoms with E-state index in [0.717, 1.165) is 0 Å². The molecule has 1 N–H and O–H groups in total. The molecule has 0 bridgehead atoms. The van der Waals surface area contributed by atoms with Crippen molar-refractivity contribution in [2.24, 2.45) is 0 Å². The number of aromatic hydroxyl groups is 1. The lowest BCUT2D eigenvalue weighted by molar-refractivity contribution is -0.135. The first-order valence-electron chi connectivity index (χ1n) is 10.6. The minimum atomic E-state index is -0.786. The maximum Gasteiger partial charge on any atom is 0.336 e. The van der Waals surface area contributed by atoms with Crippen molar-refractivity contribution >= 4 is 28.7 Å². The largest absolute Gasteiger partial charge is 0.506 e. The highest BCUT2D eigenvalue weighted by atomic mass is 16.6. The van der Waals surface area contributed by atoms with Crippen LogP contribution < -0.4 is 24.6 Å². The van der Waals surface area contributed by atoms with Crippen LogP contribution in [0.4, 0.5) is 0 Å². The Balaban J connectivity index is 2.11. The van der Waals surface area contributed by atoms with Crippen LogP contribution in [0.25, 0.3) is 11.0 Å². The van der Waals surface area contributed by atoms with Crippen molar-refractivity contribution in [3.8, 4) is 28.7 Å². The molecule has 1 aliphatic heterocycles. The van der Waals surface area contributed by atoms with E-state index in [-0.39, 0.29) is 51.5 Å². The van der Waals surface area contributed by atoms with E-state index in [9.17, 15) is 24.3 Å². The molecule has 0 spiro atoms. The Bertz CT molecular complexity index is 1440. The van der Waals surface area contributed by atoms with Crippen LogP contribution in [0.3, 0.4) is 0 Å². The lowest BCUT2D eigenvalue weighted by Gasteiger charge is -2.28. The number of methoxy groups -OCH3 is 2. The van der Waals surface area contributed by atoms with Gasteiger partial charge in [-0.05, 0) is 37.1 Å². The number of aryl methyl sites for hydroxylation is 1. The molecule has 1 aromatic heterocycles. The first kappa shape index (κ1) is 23.8. The summed E-state index contributed by atoms with van der Waals surface area (Å²) >= 11 is 0. The molecule has 4 rings (SSSR count). The van der Waals surface area contributed by atoms with Crippen LogP contribution in [0.2, 0.25) is 0 Å². The number of benzene rings is 2. The summed E-state index contributed by atoms with van der Waals surface area (Å²) in [7, 11) is 2.75. The highest BCUT2D eigenvalue weighted by Crippen LogP contribution is 2.51. The number of phenols is 1. The van der Waals surface area contributed by atoms with Crippen molar-refractivity contribution in [2.75, 3.05) is 14.2 Å². The molecule has 0 aliphatic carbocycles. The molecule has 10 nitrogen and oxygen atoms in total. The van der Waals surface area contributed by atoms with Gasteiger partial charge in [0.2, 0.25) is 5.75 Å². The van der Waals surface area contributed by atoms with E-state index in [2.05, 4.69) is 0 Å². The van der Waals surface area contributed by atoms with Crippen molar-refractivity contribution in [3.63, 3.8) is 0 Å². The summed E-state index contributed by atoms with van der Waals surface area (Å²) < 4.78 is 26.9. The fourth-order valence-corrected chi connectivity index (χ4v) is 4.37. The molecule has 0 saturated carbocycles. The van der Waals surface area contributed by atoms with Crippen LogP contribution in [0.15, 0.2) is 27.4 Å². The van der Waals surface area contributed by atoms with Gasteiger partial charge in [0.1, 0.15) is 16.9 Å². The van der Waals surface area contributed by atoms with Gasteiger partial charge in [-0.1, -0.05) is 0 Å². The van der Waals surface area contributed by atoms with Crippen molar-refractivity contribution < 1.29 is 42.9 Å². The number of hydrogen-bond donors (Lipinski definition) is 1. The van der Waals surface area contributed by atoms with Crippen molar-refractivity contribution in [1.29, 1.82) is 0 Å². The molecule has 1 atom stereocenters. The number of rotatable bonds is 5. The van der Waals surface area contributed by atoms with Crippen molar-refractivity contribution in [1.82, 2.24) is 0 Å². The Morgan fingerprint density at radius 3 is 2.23 bits per heavy atom. The minimum Gasteiger partial charge on any atom is -0.506 e. The van der Waals surface area contributed by atoms with E-state index in [1.165, 1.54) is 34.1 Å². The van der Waals surface area contributed by atoms with Gasteiger partial charge in [0.05, 0.1) is 26.0 Å². The fourth-order valence-electron chi connectivity index (χ4n) is 4.37. The smallest absolute Gasteiger partial charge is 0.336 e. The summed E-state index contributed by atoms with van der Waals surface area (Å²) in [5.41, 5.74) is 0.217. The van der Waals surface area contributed by atoms with Crippen LogP contribution in [-0.2, 0) is 9.59 Å².